The molecule has 0 saturated carbocycles. The Kier molecular flexibility index (Phi) is 5.29. The Morgan fingerprint density at radius 1 is 1.70 bits per heavy atom. The quantitative estimate of drug-likeness (QED) is 0.327. The summed E-state index contributed by atoms with van der Waals surface area (Å²) in [6, 6.07) is 0. The van der Waals surface area contributed by atoms with Gasteiger partial charge in [-0.2, -0.15) is 0 Å². The van der Waals surface area contributed by atoms with Crippen LogP contribution in [0.25, 0.3) is 0 Å². The normalized spacial score (nSPS) is 13.1. The number of rotatable bonds is 3. The molecule has 0 rings (SSSR count). The number of allylic oxidation sites excluding steroid dienone is 3. The topological polar surface area (TPSA) is 21.6 Å². The molecule has 3 heteroatoms. The van der Waals surface area contributed by atoms with Crippen molar-refractivity contribution in [3.05, 3.63) is 21.6 Å². The molecule has 0 aromatic rings. The van der Waals surface area contributed by atoms with Gasteiger partial charge in [-0.05, 0) is 42.3 Å². The van der Waals surface area contributed by atoms with E-state index in [2.05, 4.69) is 34.3 Å². The second-order valence-electron chi connectivity index (χ2n) is 1.52. The number of halogens is 1. The van der Waals surface area contributed by atoms with Crippen LogP contribution < -0.4 is 0 Å². The second-order valence-corrected chi connectivity index (χ2v) is 2.68. The molecule has 0 heterocycles. The molecular weight excluding hydrogens is 241 g/mol. The number of hydrogen-bond donors (Lipinski definition) is 0. The van der Waals surface area contributed by atoms with E-state index < -0.39 is 0 Å². The van der Waals surface area contributed by atoms with Gasteiger partial charge in [0, 0.05) is 0 Å². The fourth-order valence-corrected chi connectivity index (χ4v) is 1.21. The average Bonchev–Trinajstić information content (AvgIpc) is 1.91. The van der Waals surface area contributed by atoms with E-state index in [1.807, 2.05) is 19.1 Å². The first-order valence-electron chi connectivity index (χ1n) is 2.79. The van der Waals surface area contributed by atoms with Crippen LogP contribution in [0.5, 0.6) is 0 Å². The Morgan fingerprint density at radius 2 is 2.30 bits per heavy atom. The maximum Gasteiger partial charge on any atom is 0.226 e. The highest BCUT2D eigenvalue weighted by Gasteiger charge is 1.94. The van der Waals surface area contributed by atoms with E-state index in [0.717, 1.165) is 3.58 Å². The lowest BCUT2D eigenvalue weighted by Crippen LogP contribution is -1.82. The van der Waals surface area contributed by atoms with Crippen molar-refractivity contribution in [2.75, 3.05) is 7.11 Å². The molecule has 0 unspecified atom stereocenters. The van der Waals surface area contributed by atoms with E-state index in [-0.39, 0.29) is 0 Å². The number of ether oxygens (including phenoxy) is 1. The lowest BCUT2D eigenvalue weighted by molar-refractivity contribution is 0.289. The molecular formula is C7H10INO. The van der Waals surface area contributed by atoms with Crippen LogP contribution >= 0.6 is 22.6 Å². The second kappa shape index (κ2) is 5.46. The smallest absolute Gasteiger partial charge is 0.226 e. The highest BCUT2D eigenvalue weighted by Crippen LogP contribution is 2.15. The summed E-state index contributed by atoms with van der Waals surface area (Å²) < 4.78 is 5.86. The fourth-order valence-electron chi connectivity index (χ4n) is 0.455. The van der Waals surface area contributed by atoms with Crippen LogP contribution in [-0.4, -0.2) is 13.8 Å². The minimum Gasteiger partial charge on any atom is -0.480 e. The summed E-state index contributed by atoms with van der Waals surface area (Å²) in [6.45, 7) is 5.30. The summed E-state index contributed by atoms with van der Waals surface area (Å²) >= 11 is 2.14. The largest absolute Gasteiger partial charge is 0.480 e. The molecule has 2 nitrogen and oxygen atoms in total. The van der Waals surface area contributed by atoms with Crippen molar-refractivity contribution < 1.29 is 4.74 Å². The van der Waals surface area contributed by atoms with Crippen molar-refractivity contribution in [3.8, 4) is 0 Å². The minimum absolute atomic E-state index is 0.568. The first kappa shape index (κ1) is 9.68. The van der Waals surface area contributed by atoms with E-state index in [9.17, 15) is 0 Å². The van der Waals surface area contributed by atoms with Crippen LogP contribution in [-0.2, 0) is 4.74 Å². The molecule has 0 aliphatic heterocycles. The summed E-state index contributed by atoms with van der Waals surface area (Å²) in [4.78, 5) is 3.67. The molecule has 0 aromatic heterocycles. The molecule has 56 valence electrons. The Hall–Kier alpha value is -0.320. The van der Waals surface area contributed by atoms with Gasteiger partial charge in [0.25, 0.3) is 0 Å². The summed E-state index contributed by atoms with van der Waals surface area (Å²) in [5, 5.41) is 0. The molecule has 0 aliphatic carbocycles. The Morgan fingerprint density at radius 3 is 2.60 bits per heavy atom. The molecule has 0 aliphatic rings. The maximum absolute atomic E-state index is 4.91. The molecule has 0 spiro atoms. The van der Waals surface area contributed by atoms with E-state index in [0.29, 0.717) is 5.88 Å². The minimum atomic E-state index is 0.568. The average molecular weight is 251 g/mol. The van der Waals surface area contributed by atoms with Gasteiger partial charge < -0.3 is 4.74 Å². The van der Waals surface area contributed by atoms with Gasteiger partial charge in [-0.25, -0.2) is 4.99 Å². The third-order valence-corrected chi connectivity index (χ3v) is 1.68. The number of hydrogen-bond acceptors (Lipinski definition) is 2. The molecule has 10 heavy (non-hydrogen) atoms. The van der Waals surface area contributed by atoms with Crippen molar-refractivity contribution in [1.29, 1.82) is 0 Å². The molecule has 0 amide bonds. The van der Waals surface area contributed by atoms with E-state index in [1.54, 1.807) is 7.11 Å². The Balaban J connectivity index is 4.42. The van der Waals surface area contributed by atoms with Gasteiger partial charge in [0.1, 0.15) is 0 Å². The SMILES string of the molecule is C=N/C(OC)=C(I)\C=C/C. The van der Waals surface area contributed by atoms with Crippen LogP contribution in [0.4, 0.5) is 0 Å². The first-order chi connectivity index (χ1) is 4.76. The van der Waals surface area contributed by atoms with Gasteiger partial charge in [-0.3, -0.25) is 0 Å². The maximum atomic E-state index is 4.91. The summed E-state index contributed by atoms with van der Waals surface area (Å²) in [5.74, 6) is 0.568. The van der Waals surface area contributed by atoms with Crippen molar-refractivity contribution >= 4 is 29.3 Å². The summed E-state index contributed by atoms with van der Waals surface area (Å²) in [6.07, 6.45) is 3.83. The predicted octanol–water partition coefficient (Wildman–Crippen LogP) is 2.51. The van der Waals surface area contributed by atoms with Crippen molar-refractivity contribution in [3.63, 3.8) is 0 Å². The van der Waals surface area contributed by atoms with Gasteiger partial charge in [0.05, 0.1) is 10.7 Å². The third-order valence-electron chi connectivity index (χ3n) is 0.854. The van der Waals surface area contributed by atoms with Crippen molar-refractivity contribution in [1.82, 2.24) is 0 Å². The molecule has 0 bridgehead atoms. The Labute approximate surface area is 74.8 Å². The highest BCUT2D eigenvalue weighted by atomic mass is 127. The van der Waals surface area contributed by atoms with Crippen LogP contribution in [0.3, 0.4) is 0 Å². The zero-order valence-corrected chi connectivity index (χ0v) is 8.25. The Bertz CT molecular complexity index is 172. The monoisotopic (exact) mass is 251 g/mol. The zero-order valence-electron chi connectivity index (χ0n) is 6.10. The van der Waals surface area contributed by atoms with Gasteiger partial charge in [0.2, 0.25) is 5.88 Å². The molecule has 0 radical (unpaired) electrons. The van der Waals surface area contributed by atoms with E-state index in [1.165, 1.54) is 0 Å². The third kappa shape index (κ3) is 3.00. The van der Waals surface area contributed by atoms with Crippen LogP contribution in [0.1, 0.15) is 6.92 Å². The highest BCUT2D eigenvalue weighted by molar-refractivity contribution is 14.1. The van der Waals surface area contributed by atoms with E-state index in [4.69, 9.17) is 4.74 Å². The van der Waals surface area contributed by atoms with Crippen LogP contribution in [0.2, 0.25) is 0 Å². The fraction of sp³-hybridized carbons (Fsp3) is 0.286. The lowest BCUT2D eigenvalue weighted by Gasteiger charge is -1.98. The van der Waals surface area contributed by atoms with Gasteiger partial charge in [0.15, 0.2) is 0 Å². The number of nitrogens with zero attached hydrogens (tertiary/aromatic N) is 1. The number of methoxy groups -OCH3 is 1. The van der Waals surface area contributed by atoms with Crippen molar-refractivity contribution in [2.45, 2.75) is 6.92 Å². The van der Waals surface area contributed by atoms with Crippen molar-refractivity contribution in [2.24, 2.45) is 4.99 Å². The lowest BCUT2D eigenvalue weighted by atomic mass is 10.5. The zero-order chi connectivity index (χ0) is 7.98. The molecule has 0 aromatic carbocycles. The summed E-state index contributed by atoms with van der Waals surface area (Å²) in [7, 11) is 1.58. The standard InChI is InChI=1S/C7H10INO/c1-4-5-6(8)7(9-2)10-3/h4-5H,2H2,1,3H3/b5-4-,7-6-. The molecule has 0 fully saturated rings. The number of aliphatic imine (C=N–C) groups is 1. The molecule has 0 atom stereocenters. The predicted molar refractivity (Wildman–Crippen MR) is 52.4 cm³/mol. The molecule has 0 N–H and O–H groups in total. The van der Waals surface area contributed by atoms with Crippen LogP contribution in [0, 0.1) is 0 Å². The van der Waals surface area contributed by atoms with Gasteiger partial charge in [-0.15, -0.1) is 0 Å². The van der Waals surface area contributed by atoms with E-state index >= 15 is 0 Å². The van der Waals surface area contributed by atoms with Gasteiger partial charge >= 0.3 is 0 Å². The van der Waals surface area contributed by atoms with Gasteiger partial charge in [-0.1, -0.05) is 6.08 Å². The summed E-state index contributed by atoms with van der Waals surface area (Å²) in [5.41, 5.74) is 0. The van der Waals surface area contributed by atoms with Crippen LogP contribution in [0.15, 0.2) is 26.6 Å². The first-order valence-corrected chi connectivity index (χ1v) is 3.87. The molecule has 0 saturated heterocycles.